The van der Waals surface area contributed by atoms with E-state index >= 15 is 0 Å². The van der Waals surface area contributed by atoms with Crippen molar-refractivity contribution in [3.05, 3.63) is 11.9 Å². The van der Waals surface area contributed by atoms with Gasteiger partial charge in [-0.25, -0.2) is 0 Å². The quantitative estimate of drug-likeness (QED) is 0.918. The lowest BCUT2D eigenvalue weighted by molar-refractivity contribution is -0.0588. The van der Waals surface area contributed by atoms with Gasteiger partial charge in [0, 0.05) is 19.8 Å². The largest absolute Gasteiger partial charge is 0.380 e. The summed E-state index contributed by atoms with van der Waals surface area (Å²) in [6.07, 6.45) is 12.5. The number of hydrogen-bond donors (Lipinski definition) is 1. The zero-order valence-corrected chi connectivity index (χ0v) is 12.8. The fourth-order valence-electron chi connectivity index (χ4n) is 3.77. The van der Waals surface area contributed by atoms with Gasteiger partial charge in [-0.2, -0.15) is 5.10 Å². The Morgan fingerprint density at radius 1 is 1.35 bits per heavy atom. The normalized spacial score (nSPS) is 25.2. The van der Waals surface area contributed by atoms with Crippen molar-refractivity contribution in [1.29, 1.82) is 0 Å². The van der Waals surface area contributed by atoms with Gasteiger partial charge in [-0.05, 0) is 32.1 Å². The van der Waals surface area contributed by atoms with Crippen molar-refractivity contribution in [3.63, 3.8) is 0 Å². The van der Waals surface area contributed by atoms with Crippen molar-refractivity contribution in [1.82, 2.24) is 9.78 Å². The maximum Gasteiger partial charge on any atom is 0.0853 e. The van der Waals surface area contributed by atoms with Crippen LogP contribution in [0, 0.1) is 0 Å². The molecule has 2 aliphatic rings. The van der Waals surface area contributed by atoms with Gasteiger partial charge in [-0.15, -0.1) is 0 Å². The minimum absolute atomic E-state index is 0.229. The molecule has 1 unspecified atom stereocenters. The molecule has 1 aliphatic heterocycles. The smallest absolute Gasteiger partial charge is 0.0853 e. The van der Waals surface area contributed by atoms with Crippen LogP contribution < -0.4 is 5.32 Å². The number of rotatable bonds is 4. The van der Waals surface area contributed by atoms with Crippen LogP contribution in [-0.4, -0.2) is 28.0 Å². The van der Waals surface area contributed by atoms with E-state index in [2.05, 4.69) is 23.5 Å². The van der Waals surface area contributed by atoms with Gasteiger partial charge in [0.2, 0.25) is 0 Å². The summed E-state index contributed by atoms with van der Waals surface area (Å²) in [5.74, 6) is 0. The second kappa shape index (κ2) is 5.76. The summed E-state index contributed by atoms with van der Waals surface area (Å²) >= 11 is 0. The van der Waals surface area contributed by atoms with Crippen molar-refractivity contribution in [2.75, 3.05) is 11.9 Å². The molecule has 0 radical (unpaired) electrons. The van der Waals surface area contributed by atoms with Crippen LogP contribution in [0.5, 0.6) is 0 Å². The van der Waals surface area contributed by atoms with E-state index in [9.17, 15) is 0 Å². The standard InChI is InChI=1S/C16H27N3O/c1-3-14-15(12-19(2)18-14)17-11-13-7-10-16(20-13)8-5-4-6-9-16/h12-13,17H,3-11H2,1-2H3. The van der Waals surface area contributed by atoms with Gasteiger partial charge >= 0.3 is 0 Å². The van der Waals surface area contributed by atoms with E-state index in [1.165, 1.54) is 50.6 Å². The molecule has 4 nitrogen and oxygen atoms in total. The number of nitrogens with one attached hydrogen (secondary N) is 1. The predicted octanol–water partition coefficient (Wildman–Crippen LogP) is 3.28. The number of aromatic nitrogens is 2. The molecule has 2 heterocycles. The number of anilines is 1. The Morgan fingerprint density at radius 2 is 2.15 bits per heavy atom. The molecule has 0 amide bonds. The first-order valence-electron chi connectivity index (χ1n) is 8.15. The van der Waals surface area contributed by atoms with Crippen molar-refractivity contribution in [3.8, 4) is 0 Å². The lowest BCUT2D eigenvalue weighted by Gasteiger charge is -2.33. The molecule has 3 rings (SSSR count). The predicted molar refractivity (Wildman–Crippen MR) is 81.0 cm³/mol. The van der Waals surface area contributed by atoms with Gasteiger partial charge in [0.05, 0.1) is 23.1 Å². The van der Waals surface area contributed by atoms with Gasteiger partial charge in [0.15, 0.2) is 0 Å². The Bertz CT molecular complexity index is 449. The molecule has 1 aromatic heterocycles. The van der Waals surface area contributed by atoms with Crippen LogP contribution in [0.3, 0.4) is 0 Å². The van der Waals surface area contributed by atoms with Gasteiger partial charge in [0.25, 0.3) is 0 Å². The highest BCUT2D eigenvalue weighted by Gasteiger charge is 2.40. The Kier molecular flexibility index (Phi) is 4.01. The molecule has 1 saturated carbocycles. The highest BCUT2D eigenvalue weighted by atomic mass is 16.5. The number of aryl methyl sites for hydroxylation is 2. The summed E-state index contributed by atoms with van der Waals surface area (Å²) in [6, 6.07) is 0. The van der Waals surface area contributed by atoms with Crippen LogP contribution in [0.25, 0.3) is 0 Å². The summed E-state index contributed by atoms with van der Waals surface area (Å²) < 4.78 is 8.29. The number of hydrogen-bond acceptors (Lipinski definition) is 3. The third-order valence-corrected chi connectivity index (χ3v) is 4.86. The van der Waals surface area contributed by atoms with Crippen LogP contribution >= 0.6 is 0 Å². The van der Waals surface area contributed by atoms with Crippen LogP contribution in [0.15, 0.2) is 6.20 Å². The molecule has 4 heteroatoms. The van der Waals surface area contributed by atoms with Gasteiger partial charge in [-0.1, -0.05) is 26.2 Å². The average Bonchev–Trinajstić information content (AvgIpc) is 3.01. The summed E-state index contributed by atoms with van der Waals surface area (Å²) in [4.78, 5) is 0. The molecule has 20 heavy (non-hydrogen) atoms. The first-order chi connectivity index (χ1) is 9.71. The molecular weight excluding hydrogens is 250 g/mol. The van der Waals surface area contributed by atoms with Gasteiger partial charge < -0.3 is 10.1 Å². The lowest BCUT2D eigenvalue weighted by Crippen LogP contribution is -2.33. The molecule has 1 aromatic rings. The van der Waals surface area contributed by atoms with Gasteiger partial charge in [-0.3, -0.25) is 4.68 Å². The second-order valence-corrected chi connectivity index (χ2v) is 6.42. The van der Waals surface area contributed by atoms with Crippen LogP contribution in [0.2, 0.25) is 0 Å². The molecule has 1 N–H and O–H groups in total. The minimum Gasteiger partial charge on any atom is -0.380 e. The van der Waals surface area contributed by atoms with Crippen molar-refractivity contribution >= 4 is 5.69 Å². The summed E-state index contributed by atoms with van der Waals surface area (Å²) in [6.45, 7) is 3.07. The molecule has 0 aromatic carbocycles. The first-order valence-corrected chi connectivity index (χ1v) is 8.15. The fourth-order valence-corrected chi connectivity index (χ4v) is 3.77. The van der Waals surface area contributed by atoms with Crippen molar-refractivity contribution in [2.45, 2.75) is 70.0 Å². The van der Waals surface area contributed by atoms with E-state index in [1.807, 2.05) is 11.7 Å². The fraction of sp³-hybridized carbons (Fsp3) is 0.812. The molecule has 1 aliphatic carbocycles. The lowest BCUT2D eigenvalue weighted by atomic mass is 9.83. The SMILES string of the molecule is CCc1nn(C)cc1NCC1CCC2(CCCCC2)O1. The molecule has 1 atom stereocenters. The van der Waals surface area contributed by atoms with E-state index in [1.54, 1.807) is 0 Å². The maximum absolute atomic E-state index is 6.40. The minimum atomic E-state index is 0.229. The van der Waals surface area contributed by atoms with Crippen LogP contribution in [-0.2, 0) is 18.2 Å². The summed E-state index contributed by atoms with van der Waals surface area (Å²) in [5.41, 5.74) is 2.55. The average molecular weight is 277 g/mol. The van der Waals surface area contributed by atoms with Crippen LogP contribution in [0.4, 0.5) is 5.69 Å². The summed E-state index contributed by atoms with van der Waals surface area (Å²) in [5, 5.41) is 8.01. The molecule has 0 bridgehead atoms. The Hall–Kier alpha value is -1.03. The van der Waals surface area contributed by atoms with Crippen molar-refractivity contribution in [2.24, 2.45) is 7.05 Å². The number of nitrogens with zero attached hydrogens (tertiary/aromatic N) is 2. The maximum atomic E-state index is 6.40. The Balaban J connectivity index is 1.54. The second-order valence-electron chi connectivity index (χ2n) is 6.42. The van der Waals surface area contributed by atoms with E-state index in [0.717, 1.165) is 18.7 Å². The molecule has 1 saturated heterocycles. The molecular formula is C16H27N3O. The van der Waals surface area contributed by atoms with Crippen molar-refractivity contribution < 1.29 is 4.74 Å². The topological polar surface area (TPSA) is 39.1 Å². The van der Waals surface area contributed by atoms with E-state index in [0.29, 0.717) is 6.10 Å². The molecule has 2 fully saturated rings. The third-order valence-electron chi connectivity index (χ3n) is 4.86. The number of ether oxygens (including phenoxy) is 1. The monoisotopic (exact) mass is 277 g/mol. The first kappa shape index (κ1) is 13.9. The zero-order valence-electron chi connectivity index (χ0n) is 12.8. The highest BCUT2D eigenvalue weighted by Crippen LogP contribution is 2.41. The Morgan fingerprint density at radius 3 is 2.90 bits per heavy atom. The summed E-state index contributed by atoms with van der Waals surface area (Å²) in [7, 11) is 1.98. The van der Waals surface area contributed by atoms with E-state index in [4.69, 9.17) is 4.74 Å². The highest BCUT2D eigenvalue weighted by molar-refractivity contribution is 5.46. The molecule has 112 valence electrons. The van der Waals surface area contributed by atoms with E-state index < -0.39 is 0 Å². The van der Waals surface area contributed by atoms with E-state index in [-0.39, 0.29) is 5.60 Å². The third kappa shape index (κ3) is 2.85. The molecule has 1 spiro atoms. The Labute approximate surface area is 121 Å². The zero-order chi connectivity index (χ0) is 14.0. The van der Waals surface area contributed by atoms with Crippen LogP contribution in [0.1, 0.15) is 57.6 Å². The van der Waals surface area contributed by atoms with Gasteiger partial charge in [0.1, 0.15) is 0 Å².